The van der Waals surface area contributed by atoms with Crippen molar-refractivity contribution < 1.29 is 4.79 Å². The van der Waals surface area contributed by atoms with E-state index >= 15 is 0 Å². The Kier molecular flexibility index (Phi) is 4.74. The van der Waals surface area contributed by atoms with Crippen LogP contribution < -0.4 is 5.32 Å². The van der Waals surface area contributed by atoms with Crippen LogP contribution in [0, 0.1) is 0 Å². The summed E-state index contributed by atoms with van der Waals surface area (Å²) < 4.78 is 0.998. The largest absolute Gasteiger partial charge is 0.302 e. The van der Waals surface area contributed by atoms with Crippen molar-refractivity contribution >= 4 is 49.9 Å². The fourth-order valence-electron chi connectivity index (χ4n) is 1.38. The third-order valence-corrected chi connectivity index (χ3v) is 3.82. The first-order valence-electron chi connectivity index (χ1n) is 5.22. The molecular weight excluding hydrogens is 336 g/mol. The van der Waals surface area contributed by atoms with Crippen LogP contribution in [-0.2, 0) is 17.1 Å². The van der Waals surface area contributed by atoms with E-state index in [9.17, 15) is 4.79 Å². The van der Waals surface area contributed by atoms with Gasteiger partial charge in [-0.1, -0.05) is 28.1 Å². The fourth-order valence-corrected chi connectivity index (χ4v) is 2.60. The van der Waals surface area contributed by atoms with Gasteiger partial charge in [0.1, 0.15) is 0 Å². The second-order valence-corrected chi connectivity index (χ2v) is 5.67. The second-order valence-electron chi connectivity index (χ2n) is 3.63. The quantitative estimate of drug-likeness (QED) is 0.856. The zero-order chi connectivity index (χ0) is 13.0. The summed E-state index contributed by atoms with van der Waals surface area (Å²) in [6.07, 6.45) is 0.336. The fraction of sp³-hybridized carbons (Fsp3) is 0.167. The Hall–Kier alpha value is -0.910. The summed E-state index contributed by atoms with van der Waals surface area (Å²) in [4.78, 5) is 15.9. The summed E-state index contributed by atoms with van der Waals surface area (Å²) in [5.74, 6) is 0.284. The monoisotopic (exact) mass is 344 g/mol. The van der Waals surface area contributed by atoms with Crippen molar-refractivity contribution in [2.24, 2.45) is 0 Å². The number of anilines is 1. The van der Waals surface area contributed by atoms with Crippen LogP contribution in [0.2, 0.25) is 0 Å². The minimum Gasteiger partial charge on any atom is -0.302 e. The molecule has 0 unspecified atom stereocenters. The molecule has 0 aliphatic carbocycles. The summed E-state index contributed by atoms with van der Waals surface area (Å²) in [5.41, 5.74) is 1.74. The predicted molar refractivity (Wildman–Crippen MR) is 78.1 cm³/mol. The standard InChI is InChI=1S/C12H10BrClN2OS/c13-9-3-1-8(2-4-9)5-11(17)16-12-15-10(6-14)7-18-12/h1-4,7H,5-6H2,(H,15,16,17). The molecule has 0 saturated carbocycles. The molecule has 0 aliphatic heterocycles. The first kappa shape index (κ1) is 13.5. The number of carbonyl (C=O) groups excluding carboxylic acids is 1. The van der Waals surface area contributed by atoms with Crippen molar-refractivity contribution in [1.82, 2.24) is 4.98 Å². The summed E-state index contributed by atoms with van der Waals surface area (Å²) in [7, 11) is 0. The van der Waals surface area contributed by atoms with E-state index in [0.717, 1.165) is 15.7 Å². The molecule has 0 radical (unpaired) electrons. The molecule has 0 atom stereocenters. The Bertz CT molecular complexity index is 541. The number of hydrogen-bond acceptors (Lipinski definition) is 3. The number of benzene rings is 1. The predicted octanol–water partition coefficient (Wildman–Crippen LogP) is 3.83. The summed E-state index contributed by atoms with van der Waals surface area (Å²) in [6, 6.07) is 7.65. The SMILES string of the molecule is O=C(Cc1ccc(Br)cc1)Nc1nc(CCl)cs1. The number of carbonyl (C=O) groups is 1. The van der Waals surface area contributed by atoms with E-state index in [1.54, 1.807) is 0 Å². The Morgan fingerprint density at radius 3 is 2.72 bits per heavy atom. The van der Waals surface area contributed by atoms with Crippen LogP contribution >= 0.6 is 38.9 Å². The number of thiazole rings is 1. The average Bonchev–Trinajstić information content (AvgIpc) is 2.79. The van der Waals surface area contributed by atoms with Gasteiger partial charge >= 0.3 is 0 Å². The number of nitrogens with one attached hydrogen (secondary N) is 1. The molecule has 0 bridgehead atoms. The molecule has 1 aromatic heterocycles. The second kappa shape index (κ2) is 6.31. The van der Waals surface area contributed by atoms with E-state index < -0.39 is 0 Å². The summed E-state index contributed by atoms with van der Waals surface area (Å²) in [6.45, 7) is 0. The highest BCUT2D eigenvalue weighted by Crippen LogP contribution is 2.17. The molecule has 0 aliphatic rings. The Morgan fingerprint density at radius 2 is 2.11 bits per heavy atom. The van der Waals surface area contributed by atoms with E-state index in [4.69, 9.17) is 11.6 Å². The topological polar surface area (TPSA) is 42.0 Å². The number of alkyl halides is 1. The number of hydrogen-bond donors (Lipinski definition) is 1. The van der Waals surface area contributed by atoms with E-state index in [1.165, 1.54) is 11.3 Å². The van der Waals surface area contributed by atoms with Gasteiger partial charge in [-0.25, -0.2) is 4.98 Å². The third-order valence-electron chi connectivity index (χ3n) is 2.21. The molecule has 6 heteroatoms. The van der Waals surface area contributed by atoms with Crippen molar-refractivity contribution in [2.75, 3.05) is 5.32 Å². The minimum atomic E-state index is -0.0761. The van der Waals surface area contributed by atoms with Gasteiger partial charge < -0.3 is 5.32 Å². The molecule has 2 rings (SSSR count). The number of amides is 1. The zero-order valence-electron chi connectivity index (χ0n) is 9.32. The van der Waals surface area contributed by atoms with Gasteiger partial charge in [0.2, 0.25) is 5.91 Å². The molecule has 1 N–H and O–H groups in total. The lowest BCUT2D eigenvalue weighted by molar-refractivity contribution is -0.115. The molecule has 1 amide bonds. The van der Waals surface area contributed by atoms with E-state index in [2.05, 4.69) is 26.2 Å². The van der Waals surface area contributed by atoms with Crippen LogP contribution in [0.1, 0.15) is 11.3 Å². The van der Waals surface area contributed by atoms with Gasteiger partial charge in [0, 0.05) is 9.85 Å². The molecular formula is C12H10BrClN2OS. The molecule has 0 saturated heterocycles. The maximum atomic E-state index is 11.8. The first-order chi connectivity index (χ1) is 8.67. The van der Waals surface area contributed by atoms with Crippen LogP contribution in [0.4, 0.5) is 5.13 Å². The highest BCUT2D eigenvalue weighted by molar-refractivity contribution is 9.10. The lowest BCUT2D eigenvalue weighted by atomic mass is 10.1. The van der Waals surface area contributed by atoms with Crippen molar-refractivity contribution in [2.45, 2.75) is 12.3 Å². The molecule has 0 fully saturated rings. The molecule has 1 aromatic carbocycles. The number of aromatic nitrogens is 1. The average molecular weight is 346 g/mol. The summed E-state index contributed by atoms with van der Waals surface area (Å²) in [5, 5.41) is 5.18. The van der Waals surface area contributed by atoms with Gasteiger partial charge in [0.15, 0.2) is 5.13 Å². The number of halogens is 2. The van der Waals surface area contributed by atoms with Gasteiger partial charge in [-0.2, -0.15) is 0 Å². The maximum Gasteiger partial charge on any atom is 0.230 e. The van der Waals surface area contributed by atoms with Crippen LogP contribution in [0.3, 0.4) is 0 Å². The molecule has 18 heavy (non-hydrogen) atoms. The normalized spacial score (nSPS) is 10.3. The van der Waals surface area contributed by atoms with Crippen molar-refractivity contribution in [1.29, 1.82) is 0 Å². The van der Waals surface area contributed by atoms with Gasteiger partial charge in [0.25, 0.3) is 0 Å². The van der Waals surface area contributed by atoms with Crippen LogP contribution in [0.5, 0.6) is 0 Å². The van der Waals surface area contributed by atoms with Crippen LogP contribution in [0.25, 0.3) is 0 Å². The van der Waals surface area contributed by atoms with E-state index in [0.29, 0.717) is 17.4 Å². The smallest absolute Gasteiger partial charge is 0.230 e. The molecule has 0 spiro atoms. The Labute approximate surface area is 122 Å². The van der Waals surface area contributed by atoms with Crippen molar-refractivity contribution in [3.63, 3.8) is 0 Å². The van der Waals surface area contributed by atoms with Gasteiger partial charge in [0.05, 0.1) is 18.0 Å². The Balaban J connectivity index is 1.94. The minimum absolute atomic E-state index is 0.0761. The lowest BCUT2D eigenvalue weighted by Gasteiger charge is -2.02. The maximum absolute atomic E-state index is 11.8. The lowest BCUT2D eigenvalue weighted by Crippen LogP contribution is -2.14. The van der Waals surface area contributed by atoms with Crippen LogP contribution in [0.15, 0.2) is 34.1 Å². The summed E-state index contributed by atoms with van der Waals surface area (Å²) >= 11 is 10.4. The van der Waals surface area contributed by atoms with Gasteiger partial charge in [-0.05, 0) is 17.7 Å². The molecule has 1 heterocycles. The van der Waals surface area contributed by atoms with E-state index in [-0.39, 0.29) is 5.91 Å². The highest BCUT2D eigenvalue weighted by Gasteiger charge is 2.07. The van der Waals surface area contributed by atoms with Crippen LogP contribution in [-0.4, -0.2) is 10.9 Å². The van der Waals surface area contributed by atoms with E-state index in [1.807, 2.05) is 29.6 Å². The third kappa shape index (κ3) is 3.80. The van der Waals surface area contributed by atoms with Gasteiger partial charge in [-0.3, -0.25) is 4.79 Å². The Morgan fingerprint density at radius 1 is 1.39 bits per heavy atom. The van der Waals surface area contributed by atoms with Gasteiger partial charge in [-0.15, -0.1) is 22.9 Å². The zero-order valence-corrected chi connectivity index (χ0v) is 12.5. The first-order valence-corrected chi connectivity index (χ1v) is 7.43. The number of nitrogens with zero attached hydrogens (tertiary/aromatic N) is 1. The molecule has 2 aromatic rings. The van der Waals surface area contributed by atoms with Crippen molar-refractivity contribution in [3.05, 3.63) is 45.4 Å². The highest BCUT2D eigenvalue weighted by atomic mass is 79.9. The molecule has 3 nitrogen and oxygen atoms in total. The molecule has 94 valence electrons. The number of rotatable bonds is 4. The van der Waals surface area contributed by atoms with Crippen molar-refractivity contribution in [3.8, 4) is 0 Å².